The van der Waals surface area contributed by atoms with Gasteiger partial charge >= 0.3 is 5.97 Å². The van der Waals surface area contributed by atoms with Gasteiger partial charge in [-0.15, -0.1) is 0 Å². The Bertz CT molecular complexity index is 753. The second-order valence-electron chi connectivity index (χ2n) is 5.99. The van der Waals surface area contributed by atoms with Crippen LogP contribution in [0.2, 0.25) is 0 Å². The fourth-order valence-electron chi connectivity index (χ4n) is 2.53. The van der Waals surface area contributed by atoms with Crippen LogP contribution in [0.15, 0.2) is 42.5 Å². The Morgan fingerprint density at radius 2 is 1.88 bits per heavy atom. The Kier molecular flexibility index (Phi) is 6.12. The Hall–Kier alpha value is -2.44. The summed E-state index contributed by atoms with van der Waals surface area (Å²) >= 11 is 0. The lowest BCUT2D eigenvalue weighted by Gasteiger charge is -2.27. The summed E-state index contributed by atoms with van der Waals surface area (Å²) < 4.78 is 10.6. The van der Waals surface area contributed by atoms with Crippen LogP contribution in [0.25, 0.3) is 10.8 Å². The van der Waals surface area contributed by atoms with E-state index in [1.807, 2.05) is 36.4 Å². The molecule has 0 saturated heterocycles. The molecule has 0 saturated carbocycles. The van der Waals surface area contributed by atoms with Crippen LogP contribution in [0.4, 0.5) is 0 Å². The molecule has 134 valence electrons. The topological polar surface area (TPSA) is 84.9 Å². The quantitative estimate of drug-likeness (QED) is 0.747. The van der Waals surface area contributed by atoms with Crippen molar-refractivity contribution in [2.24, 2.45) is 0 Å². The molecule has 25 heavy (non-hydrogen) atoms. The van der Waals surface area contributed by atoms with Crippen molar-refractivity contribution in [3.05, 3.63) is 48.0 Å². The zero-order valence-corrected chi connectivity index (χ0v) is 14.6. The summed E-state index contributed by atoms with van der Waals surface area (Å²) in [6, 6.07) is 13.3. The summed E-state index contributed by atoms with van der Waals surface area (Å²) in [6.07, 6.45) is -0.667. The molecule has 0 spiro atoms. The number of rotatable bonds is 7. The lowest BCUT2D eigenvalue weighted by atomic mass is 9.90. The number of methoxy groups -OCH3 is 1. The monoisotopic (exact) mass is 345 g/mol. The van der Waals surface area contributed by atoms with Crippen molar-refractivity contribution in [1.29, 1.82) is 0 Å². The summed E-state index contributed by atoms with van der Waals surface area (Å²) in [5.41, 5.74) is -0.673. The first-order chi connectivity index (χ1) is 11.9. The van der Waals surface area contributed by atoms with Crippen LogP contribution in [0.3, 0.4) is 0 Å². The van der Waals surface area contributed by atoms with E-state index in [0.717, 1.165) is 10.8 Å². The van der Waals surface area contributed by atoms with Crippen LogP contribution in [-0.4, -0.2) is 43.3 Å². The van der Waals surface area contributed by atoms with Gasteiger partial charge in [0.25, 0.3) is 5.91 Å². The van der Waals surface area contributed by atoms with Crippen molar-refractivity contribution >= 4 is 22.6 Å². The van der Waals surface area contributed by atoms with Gasteiger partial charge in [-0.1, -0.05) is 42.5 Å². The van der Waals surface area contributed by atoms with Crippen molar-refractivity contribution < 1.29 is 24.2 Å². The van der Waals surface area contributed by atoms with Gasteiger partial charge in [0.15, 0.2) is 12.2 Å². The van der Waals surface area contributed by atoms with E-state index in [1.54, 1.807) is 19.9 Å². The van der Waals surface area contributed by atoms with E-state index in [9.17, 15) is 9.59 Å². The van der Waals surface area contributed by atoms with Gasteiger partial charge in [0, 0.05) is 19.2 Å². The van der Waals surface area contributed by atoms with Gasteiger partial charge in [-0.05, 0) is 24.6 Å². The highest BCUT2D eigenvalue weighted by molar-refractivity contribution is 5.93. The molecule has 1 amide bonds. The number of nitrogens with one attached hydrogen (secondary N) is 1. The van der Waals surface area contributed by atoms with Gasteiger partial charge in [-0.25, -0.2) is 4.79 Å². The number of amides is 1. The molecule has 0 bridgehead atoms. The molecule has 0 aliphatic heterocycles. The van der Waals surface area contributed by atoms with Gasteiger partial charge in [-0.2, -0.15) is 0 Å². The van der Waals surface area contributed by atoms with E-state index in [-0.39, 0.29) is 6.54 Å². The molecule has 0 aliphatic rings. The first-order valence-corrected chi connectivity index (χ1v) is 8.04. The van der Waals surface area contributed by atoms with Crippen LogP contribution < -0.4 is 5.32 Å². The fraction of sp³-hybridized carbons (Fsp3) is 0.368. The van der Waals surface area contributed by atoms with E-state index in [2.05, 4.69) is 5.32 Å². The van der Waals surface area contributed by atoms with Crippen molar-refractivity contribution in [2.45, 2.75) is 25.6 Å². The number of hydrogen-bond donors (Lipinski definition) is 2. The van der Waals surface area contributed by atoms with Gasteiger partial charge in [0.1, 0.15) is 0 Å². The predicted molar refractivity (Wildman–Crippen MR) is 94.0 cm³/mol. The number of benzene rings is 2. The van der Waals surface area contributed by atoms with Crippen LogP contribution >= 0.6 is 0 Å². The lowest BCUT2D eigenvalue weighted by Crippen LogP contribution is -2.40. The molecule has 2 aromatic rings. The molecule has 2 atom stereocenters. The summed E-state index contributed by atoms with van der Waals surface area (Å²) in [7, 11) is 1.43. The van der Waals surface area contributed by atoms with Crippen LogP contribution in [0.5, 0.6) is 0 Å². The Morgan fingerprint density at radius 3 is 2.56 bits per heavy atom. The maximum absolute atomic E-state index is 12.6. The Labute approximate surface area is 146 Å². The van der Waals surface area contributed by atoms with E-state index in [0.29, 0.717) is 5.56 Å². The molecule has 0 aliphatic carbocycles. The normalized spacial score (nSPS) is 14.6. The molecule has 0 aromatic heterocycles. The highest BCUT2D eigenvalue weighted by Gasteiger charge is 2.38. The minimum absolute atomic E-state index is 0.0985. The average molecular weight is 345 g/mol. The van der Waals surface area contributed by atoms with Crippen LogP contribution in [0, 0.1) is 0 Å². The van der Waals surface area contributed by atoms with E-state index < -0.39 is 30.2 Å². The molecule has 2 rings (SSSR count). The maximum atomic E-state index is 12.6. The molecule has 6 heteroatoms. The zero-order valence-electron chi connectivity index (χ0n) is 14.6. The average Bonchev–Trinajstić information content (AvgIpc) is 2.63. The second kappa shape index (κ2) is 8.09. The Morgan fingerprint density at radius 1 is 1.20 bits per heavy atom. The van der Waals surface area contributed by atoms with Crippen molar-refractivity contribution in [2.75, 3.05) is 20.3 Å². The lowest BCUT2D eigenvalue weighted by molar-refractivity contribution is -0.170. The highest BCUT2D eigenvalue weighted by atomic mass is 16.6. The summed E-state index contributed by atoms with van der Waals surface area (Å²) in [4.78, 5) is 24.3. The Balaban J connectivity index is 2.18. The molecule has 2 unspecified atom stereocenters. The number of aliphatic hydroxyl groups excluding tert-OH is 1. The van der Waals surface area contributed by atoms with Crippen LogP contribution in [0.1, 0.15) is 19.4 Å². The van der Waals surface area contributed by atoms with Crippen LogP contribution in [-0.2, 0) is 24.7 Å². The van der Waals surface area contributed by atoms with Gasteiger partial charge < -0.3 is 19.9 Å². The van der Waals surface area contributed by atoms with E-state index in [1.165, 1.54) is 7.11 Å². The fourth-order valence-corrected chi connectivity index (χ4v) is 2.53. The van der Waals surface area contributed by atoms with Crippen molar-refractivity contribution in [3.8, 4) is 0 Å². The molecule has 0 radical (unpaired) electrons. The SMILES string of the molecule is COC(C)(C(=O)OCC(=O)NCC(C)O)c1cccc2ccccc12. The standard InChI is InChI=1S/C19H23NO5/c1-13(21)11-20-17(22)12-25-18(23)19(2,24-3)16-10-6-8-14-7-4-5-9-15(14)16/h4-10,13,21H,11-12H2,1-3H3,(H,20,22). The van der Waals surface area contributed by atoms with Crippen molar-refractivity contribution in [3.63, 3.8) is 0 Å². The van der Waals surface area contributed by atoms with Crippen molar-refractivity contribution in [1.82, 2.24) is 5.32 Å². The second-order valence-corrected chi connectivity index (χ2v) is 5.99. The van der Waals surface area contributed by atoms with Gasteiger partial charge in [0.05, 0.1) is 6.10 Å². The van der Waals surface area contributed by atoms with E-state index in [4.69, 9.17) is 14.6 Å². The minimum atomic E-state index is -1.34. The molecular weight excluding hydrogens is 322 g/mol. The molecular formula is C19H23NO5. The predicted octanol–water partition coefficient (Wildman–Crippen LogP) is 1.74. The number of hydrogen-bond acceptors (Lipinski definition) is 5. The third-order valence-electron chi connectivity index (χ3n) is 4.03. The summed E-state index contributed by atoms with van der Waals surface area (Å²) in [5.74, 6) is -1.14. The molecule has 2 aromatic carbocycles. The smallest absolute Gasteiger partial charge is 0.343 e. The number of aliphatic hydroxyl groups is 1. The van der Waals surface area contributed by atoms with Gasteiger partial charge in [0.2, 0.25) is 0 Å². The van der Waals surface area contributed by atoms with E-state index >= 15 is 0 Å². The highest BCUT2D eigenvalue weighted by Crippen LogP contribution is 2.32. The number of ether oxygens (including phenoxy) is 2. The number of carbonyl (C=O) groups excluding carboxylic acids is 2. The zero-order chi connectivity index (χ0) is 18.4. The minimum Gasteiger partial charge on any atom is -0.453 e. The largest absolute Gasteiger partial charge is 0.453 e. The number of fused-ring (bicyclic) bond motifs is 1. The third kappa shape index (κ3) is 4.35. The third-order valence-corrected chi connectivity index (χ3v) is 4.03. The number of esters is 1. The maximum Gasteiger partial charge on any atom is 0.343 e. The summed E-state index contributed by atoms with van der Waals surface area (Å²) in [5, 5.41) is 13.5. The summed E-state index contributed by atoms with van der Waals surface area (Å²) in [6.45, 7) is 2.83. The van der Waals surface area contributed by atoms with Gasteiger partial charge in [-0.3, -0.25) is 4.79 Å². The molecule has 2 N–H and O–H groups in total. The molecule has 6 nitrogen and oxygen atoms in total. The number of carbonyl (C=O) groups is 2. The molecule has 0 fully saturated rings. The first kappa shape index (κ1) is 18.9. The first-order valence-electron chi connectivity index (χ1n) is 8.04. The molecule has 0 heterocycles.